The number of nitrogens with zero attached hydrogens (tertiary/aromatic N) is 2. The maximum absolute atomic E-state index is 13.1. The molecule has 2 heterocycles. The van der Waals surface area contributed by atoms with Crippen molar-refractivity contribution in [3.05, 3.63) is 72.4 Å². The molecule has 1 aliphatic heterocycles. The third-order valence-electron chi connectivity index (χ3n) is 4.25. The quantitative estimate of drug-likeness (QED) is 0.612. The van der Waals surface area contributed by atoms with Crippen LogP contribution in [0.15, 0.2) is 66.9 Å². The number of fused-ring (bicyclic) bond motifs is 1. The van der Waals surface area contributed by atoms with Crippen molar-refractivity contribution >= 4 is 34.5 Å². The van der Waals surface area contributed by atoms with E-state index >= 15 is 0 Å². The van der Waals surface area contributed by atoms with E-state index in [0.717, 1.165) is 16.1 Å². The van der Waals surface area contributed by atoms with E-state index < -0.39 is 12.3 Å². The summed E-state index contributed by atoms with van der Waals surface area (Å²) in [5.74, 6) is -0.171. The molecule has 6 nitrogen and oxygen atoms in total. The average Bonchev–Trinajstić information content (AvgIpc) is 3.13. The van der Waals surface area contributed by atoms with Gasteiger partial charge in [-0.2, -0.15) is 5.10 Å². The summed E-state index contributed by atoms with van der Waals surface area (Å²) in [4.78, 5) is 12.7. The van der Waals surface area contributed by atoms with Crippen molar-refractivity contribution in [1.82, 2.24) is 9.78 Å². The number of allylic oxidation sites excluding steroid dienone is 1. The summed E-state index contributed by atoms with van der Waals surface area (Å²) in [5.41, 5.74) is 2.27. The minimum atomic E-state index is -2.67. The number of alkyl halides is 2. The lowest BCUT2D eigenvalue weighted by molar-refractivity contribution is 0.102. The van der Waals surface area contributed by atoms with Gasteiger partial charge in [-0.05, 0) is 36.4 Å². The molecule has 142 valence electrons. The van der Waals surface area contributed by atoms with E-state index in [4.69, 9.17) is 0 Å². The van der Waals surface area contributed by atoms with E-state index in [-0.39, 0.29) is 23.6 Å². The molecule has 3 aromatic rings. The van der Waals surface area contributed by atoms with Crippen LogP contribution in [-0.2, 0) is 0 Å². The molecule has 4 rings (SSSR count). The number of hydrogen-bond donors (Lipinski definition) is 3. The number of halogens is 2. The molecule has 1 amide bonds. The van der Waals surface area contributed by atoms with Gasteiger partial charge in [-0.15, -0.1) is 0 Å². The van der Waals surface area contributed by atoms with Crippen LogP contribution in [0.3, 0.4) is 0 Å². The van der Waals surface area contributed by atoms with Crippen LogP contribution in [0.25, 0.3) is 5.70 Å². The zero-order valence-corrected chi connectivity index (χ0v) is 14.7. The highest BCUT2D eigenvalue weighted by Crippen LogP contribution is 2.27. The second-order valence-electron chi connectivity index (χ2n) is 6.16. The molecule has 0 radical (unpaired) electrons. The Kier molecular flexibility index (Phi) is 4.76. The molecule has 0 bridgehead atoms. The van der Waals surface area contributed by atoms with Gasteiger partial charge >= 0.3 is 0 Å². The van der Waals surface area contributed by atoms with Crippen LogP contribution in [-0.4, -0.2) is 28.7 Å². The lowest BCUT2D eigenvalue weighted by atomic mass is 10.2. The fraction of sp³-hybridized carbons (Fsp3) is 0.100. The van der Waals surface area contributed by atoms with Gasteiger partial charge in [0.2, 0.25) is 0 Å². The first-order valence-electron chi connectivity index (χ1n) is 8.66. The topological polar surface area (TPSA) is 71.0 Å². The van der Waals surface area contributed by atoms with Crippen LogP contribution in [0.2, 0.25) is 0 Å². The molecule has 1 aliphatic rings. The van der Waals surface area contributed by atoms with Gasteiger partial charge in [0.15, 0.2) is 0 Å². The predicted octanol–water partition coefficient (Wildman–Crippen LogP) is 4.41. The van der Waals surface area contributed by atoms with Crippen molar-refractivity contribution < 1.29 is 13.6 Å². The van der Waals surface area contributed by atoms with Crippen LogP contribution in [0.4, 0.5) is 31.7 Å². The predicted molar refractivity (Wildman–Crippen MR) is 105 cm³/mol. The second-order valence-corrected chi connectivity index (χ2v) is 6.16. The number of para-hydroxylation sites is 1. The highest BCUT2D eigenvalue weighted by molar-refractivity contribution is 6.08. The Morgan fingerprint density at radius 1 is 1.07 bits per heavy atom. The van der Waals surface area contributed by atoms with Crippen LogP contribution >= 0.6 is 0 Å². The minimum Gasteiger partial charge on any atom is -0.366 e. The monoisotopic (exact) mass is 381 g/mol. The number of benzene rings is 2. The van der Waals surface area contributed by atoms with Gasteiger partial charge in [0.1, 0.15) is 17.1 Å². The summed E-state index contributed by atoms with van der Waals surface area (Å²) < 4.78 is 27.3. The van der Waals surface area contributed by atoms with E-state index in [2.05, 4.69) is 21.0 Å². The van der Waals surface area contributed by atoms with Gasteiger partial charge in [0, 0.05) is 23.6 Å². The Balaban J connectivity index is 1.52. The molecule has 0 unspecified atom stereocenters. The van der Waals surface area contributed by atoms with Gasteiger partial charge in [0.05, 0.1) is 6.20 Å². The Hall–Kier alpha value is -3.68. The second kappa shape index (κ2) is 7.51. The summed E-state index contributed by atoms with van der Waals surface area (Å²) in [5, 5.41) is 12.9. The third kappa shape index (κ3) is 3.57. The van der Waals surface area contributed by atoms with E-state index in [1.54, 1.807) is 12.1 Å². The number of hydrogen-bond acceptors (Lipinski definition) is 4. The molecule has 0 atom stereocenters. The third-order valence-corrected chi connectivity index (χ3v) is 4.25. The summed E-state index contributed by atoms with van der Waals surface area (Å²) in [6, 6.07) is 16.9. The van der Waals surface area contributed by atoms with Crippen LogP contribution in [0, 0.1) is 0 Å². The van der Waals surface area contributed by atoms with Crippen molar-refractivity contribution in [2.75, 3.05) is 22.5 Å². The number of amides is 1. The van der Waals surface area contributed by atoms with E-state index in [9.17, 15) is 13.6 Å². The highest BCUT2D eigenvalue weighted by Gasteiger charge is 2.25. The van der Waals surface area contributed by atoms with Crippen LogP contribution in [0.5, 0.6) is 0 Å². The maximum atomic E-state index is 13.1. The van der Waals surface area contributed by atoms with Crippen molar-refractivity contribution in [2.24, 2.45) is 0 Å². The molecule has 3 N–H and O–H groups in total. The van der Waals surface area contributed by atoms with Gasteiger partial charge in [-0.3, -0.25) is 4.79 Å². The number of carbonyl (C=O) groups is 1. The van der Waals surface area contributed by atoms with Crippen LogP contribution < -0.4 is 16.0 Å². The molecular formula is C20H17F2N5O. The Bertz CT molecular complexity index is 1030. The molecule has 8 heteroatoms. The zero-order chi connectivity index (χ0) is 19.5. The normalized spacial score (nSPS) is 12.8. The zero-order valence-electron chi connectivity index (χ0n) is 14.7. The molecule has 1 aromatic heterocycles. The smallest absolute Gasteiger partial charge is 0.280 e. The van der Waals surface area contributed by atoms with Crippen molar-refractivity contribution in [3.63, 3.8) is 0 Å². The fourth-order valence-corrected chi connectivity index (χ4v) is 2.96. The van der Waals surface area contributed by atoms with Crippen LogP contribution in [0.1, 0.15) is 10.4 Å². The largest absolute Gasteiger partial charge is 0.366 e. The molecule has 28 heavy (non-hydrogen) atoms. The van der Waals surface area contributed by atoms with E-state index in [1.165, 1.54) is 12.3 Å². The molecule has 0 spiro atoms. The summed E-state index contributed by atoms with van der Waals surface area (Å²) >= 11 is 0. The first-order chi connectivity index (χ1) is 13.6. The van der Waals surface area contributed by atoms with Gasteiger partial charge < -0.3 is 16.0 Å². The molecule has 2 aromatic carbocycles. The average molecular weight is 381 g/mol. The number of rotatable bonds is 5. The molecule has 0 aliphatic carbocycles. The fourth-order valence-electron chi connectivity index (χ4n) is 2.96. The number of nitrogens with one attached hydrogen (secondary N) is 3. The lowest BCUT2D eigenvalue weighted by Crippen LogP contribution is -2.21. The van der Waals surface area contributed by atoms with Gasteiger partial charge in [-0.25, -0.2) is 13.5 Å². The first-order valence-corrected chi connectivity index (χ1v) is 8.66. The molecule has 0 fully saturated rings. The number of carbonyl (C=O) groups excluding carboxylic acids is 1. The molecule has 0 saturated heterocycles. The Morgan fingerprint density at radius 3 is 2.61 bits per heavy atom. The number of anilines is 4. The minimum absolute atomic E-state index is 0.202. The molecule has 0 saturated carbocycles. The van der Waals surface area contributed by atoms with E-state index in [1.807, 2.05) is 42.5 Å². The van der Waals surface area contributed by atoms with Crippen molar-refractivity contribution in [1.29, 1.82) is 0 Å². The highest BCUT2D eigenvalue weighted by atomic mass is 19.3. The lowest BCUT2D eigenvalue weighted by Gasteiger charge is -2.18. The summed E-state index contributed by atoms with van der Waals surface area (Å²) in [6.07, 6.45) is -0.0338. The number of aromatic nitrogens is 2. The SMILES string of the molecule is O=C(Nc1cccc(Nc2ccccc2)c1)c1cnn2c1NCC=C2C(F)F. The van der Waals surface area contributed by atoms with Gasteiger partial charge in [0.25, 0.3) is 12.3 Å². The van der Waals surface area contributed by atoms with Gasteiger partial charge in [-0.1, -0.05) is 24.3 Å². The summed E-state index contributed by atoms with van der Waals surface area (Å²) in [6.45, 7) is 0.210. The standard InChI is InChI=1S/C20H17F2N5O/c21-18(22)17-9-10-23-19-16(12-24-27(17)19)20(28)26-15-8-4-7-14(11-15)25-13-5-2-1-3-6-13/h1-9,11-12,18,23,25H,10H2,(H,26,28). The van der Waals surface area contributed by atoms with Crippen molar-refractivity contribution in [3.8, 4) is 0 Å². The maximum Gasteiger partial charge on any atom is 0.280 e. The van der Waals surface area contributed by atoms with Crippen molar-refractivity contribution in [2.45, 2.75) is 6.43 Å². The molecular weight excluding hydrogens is 364 g/mol. The Labute approximate surface area is 159 Å². The van der Waals surface area contributed by atoms with E-state index in [0.29, 0.717) is 5.69 Å². The summed E-state index contributed by atoms with van der Waals surface area (Å²) in [7, 11) is 0. The first kappa shape index (κ1) is 17.7. The Morgan fingerprint density at radius 2 is 1.82 bits per heavy atom.